The second-order valence-electron chi connectivity index (χ2n) is 3.89. The third-order valence-electron chi connectivity index (χ3n) is 2.54. The van der Waals surface area contributed by atoms with Gasteiger partial charge in [-0.2, -0.15) is 5.48 Å². The van der Waals surface area contributed by atoms with Crippen molar-refractivity contribution in [1.29, 1.82) is 0 Å². The van der Waals surface area contributed by atoms with E-state index in [0.29, 0.717) is 31.1 Å². The molecule has 0 saturated carbocycles. The van der Waals surface area contributed by atoms with E-state index in [0.717, 1.165) is 0 Å². The molecule has 106 valence electrons. The summed E-state index contributed by atoms with van der Waals surface area (Å²) in [6.07, 6.45) is -0.147. The van der Waals surface area contributed by atoms with Crippen LogP contribution in [0.5, 0.6) is 11.5 Å². The fourth-order valence-electron chi connectivity index (χ4n) is 1.52. The number of benzene rings is 1. The predicted octanol–water partition coefficient (Wildman–Crippen LogP) is 1.96. The maximum Gasteiger partial charge on any atom is 0.174 e. The van der Waals surface area contributed by atoms with E-state index in [-0.39, 0.29) is 5.78 Å². The highest BCUT2D eigenvalue weighted by atomic mass is 16.6. The average molecular weight is 267 g/mol. The van der Waals surface area contributed by atoms with Gasteiger partial charge in [0, 0.05) is 12.5 Å². The van der Waals surface area contributed by atoms with Crippen LogP contribution in [0.2, 0.25) is 0 Å². The van der Waals surface area contributed by atoms with Crippen LogP contribution in [0.15, 0.2) is 24.3 Å². The number of hydrogen-bond acceptors (Lipinski definition) is 5. The smallest absolute Gasteiger partial charge is 0.174 e. The summed E-state index contributed by atoms with van der Waals surface area (Å²) in [5, 5.41) is 0. The van der Waals surface area contributed by atoms with E-state index >= 15 is 0 Å². The van der Waals surface area contributed by atoms with Crippen LogP contribution in [0, 0.1) is 0 Å². The van der Waals surface area contributed by atoms with Crippen molar-refractivity contribution in [3.8, 4) is 11.5 Å². The largest absolute Gasteiger partial charge is 0.497 e. The van der Waals surface area contributed by atoms with Gasteiger partial charge in [-0.25, -0.2) is 0 Å². The standard InChI is InChI=1S/C14H21NO4/c1-4-13(16)14(10-15-18-5-2)19-12-8-6-7-11(9-12)17-3/h6-9,14-15H,4-5,10H2,1-3H3. The topological polar surface area (TPSA) is 56.8 Å². The van der Waals surface area contributed by atoms with Crippen LogP contribution in [0.25, 0.3) is 0 Å². The Labute approximate surface area is 113 Å². The van der Waals surface area contributed by atoms with Gasteiger partial charge in [0.1, 0.15) is 11.5 Å². The molecule has 5 nitrogen and oxygen atoms in total. The van der Waals surface area contributed by atoms with E-state index in [1.165, 1.54) is 0 Å². The summed E-state index contributed by atoms with van der Waals surface area (Å²) in [4.78, 5) is 16.8. The number of hydrogen-bond donors (Lipinski definition) is 1. The SMILES string of the molecule is CCONCC(Oc1cccc(OC)c1)C(=O)CC. The molecule has 0 bridgehead atoms. The van der Waals surface area contributed by atoms with Gasteiger partial charge in [0.25, 0.3) is 0 Å². The summed E-state index contributed by atoms with van der Waals surface area (Å²) < 4.78 is 10.8. The van der Waals surface area contributed by atoms with E-state index in [9.17, 15) is 4.79 Å². The number of Topliss-reactive ketones (excluding diaryl/α,β-unsaturated/α-hetero) is 1. The van der Waals surface area contributed by atoms with Crippen molar-refractivity contribution in [2.45, 2.75) is 26.4 Å². The van der Waals surface area contributed by atoms with Crippen LogP contribution >= 0.6 is 0 Å². The Morgan fingerprint density at radius 2 is 2.05 bits per heavy atom. The lowest BCUT2D eigenvalue weighted by atomic mass is 10.2. The van der Waals surface area contributed by atoms with E-state index in [4.69, 9.17) is 14.3 Å². The van der Waals surface area contributed by atoms with Gasteiger partial charge in [-0.3, -0.25) is 4.79 Å². The van der Waals surface area contributed by atoms with Crippen molar-refractivity contribution in [1.82, 2.24) is 5.48 Å². The highest BCUT2D eigenvalue weighted by Gasteiger charge is 2.18. The lowest BCUT2D eigenvalue weighted by molar-refractivity contribution is -0.126. The lowest BCUT2D eigenvalue weighted by Gasteiger charge is -2.18. The van der Waals surface area contributed by atoms with Gasteiger partial charge in [0.15, 0.2) is 11.9 Å². The molecule has 0 saturated heterocycles. The van der Waals surface area contributed by atoms with Crippen molar-refractivity contribution in [2.24, 2.45) is 0 Å². The first-order valence-electron chi connectivity index (χ1n) is 6.39. The summed E-state index contributed by atoms with van der Waals surface area (Å²) in [6, 6.07) is 7.18. The molecule has 1 aromatic rings. The molecule has 0 aromatic heterocycles. The van der Waals surface area contributed by atoms with E-state index < -0.39 is 6.10 Å². The molecule has 0 heterocycles. The maximum absolute atomic E-state index is 11.8. The summed E-state index contributed by atoms with van der Waals surface area (Å²) in [5.74, 6) is 1.32. The number of carbonyl (C=O) groups is 1. The van der Waals surface area contributed by atoms with Crippen LogP contribution in [0.1, 0.15) is 20.3 Å². The highest BCUT2D eigenvalue weighted by molar-refractivity contribution is 5.83. The van der Waals surface area contributed by atoms with Crippen molar-refractivity contribution < 1.29 is 19.1 Å². The molecule has 0 radical (unpaired) electrons. The first-order chi connectivity index (χ1) is 9.21. The van der Waals surface area contributed by atoms with Crippen molar-refractivity contribution >= 4 is 5.78 Å². The normalized spacial score (nSPS) is 11.9. The van der Waals surface area contributed by atoms with Crippen LogP contribution in [-0.2, 0) is 9.63 Å². The van der Waals surface area contributed by atoms with Crippen LogP contribution < -0.4 is 15.0 Å². The first-order valence-corrected chi connectivity index (χ1v) is 6.39. The van der Waals surface area contributed by atoms with Gasteiger partial charge in [0.2, 0.25) is 0 Å². The van der Waals surface area contributed by atoms with Gasteiger partial charge < -0.3 is 14.3 Å². The van der Waals surface area contributed by atoms with Crippen molar-refractivity contribution in [3.05, 3.63) is 24.3 Å². The number of carbonyl (C=O) groups excluding carboxylic acids is 1. The third-order valence-corrected chi connectivity index (χ3v) is 2.54. The van der Waals surface area contributed by atoms with E-state index in [1.54, 1.807) is 19.2 Å². The highest BCUT2D eigenvalue weighted by Crippen LogP contribution is 2.20. The minimum absolute atomic E-state index is 0.0232. The fourth-order valence-corrected chi connectivity index (χ4v) is 1.52. The maximum atomic E-state index is 11.8. The Kier molecular flexibility index (Phi) is 6.92. The summed E-state index contributed by atoms with van der Waals surface area (Å²) in [6.45, 7) is 4.53. The minimum Gasteiger partial charge on any atom is -0.497 e. The molecule has 0 spiro atoms. The number of nitrogens with one attached hydrogen (secondary N) is 1. The van der Waals surface area contributed by atoms with Gasteiger partial charge in [0.05, 0.1) is 20.3 Å². The average Bonchev–Trinajstić information content (AvgIpc) is 2.45. The molecule has 1 atom stereocenters. The monoisotopic (exact) mass is 267 g/mol. The quantitative estimate of drug-likeness (QED) is 0.547. The summed E-state index contributed by atoms with van der Waals surface area (Å²) >= 11 is 0. The molecule has 0 aliphatic heterocycles. The Bertz CT molecular complexity index is 395. The zero-order valence-electron chi connectivity index (χ0n) is 11.6. The molecule has 1 rings (SSSR count). The Balaban J connectivity index is 2.66. The molecule has 0 amide bonds. The number of methoxy groups -OCH3 is 1. The Hall–Kier alpha value is -1.59. The molecular formula is C14H21NO4. The second-order valence-corrected chi connectivity index (χ2v) is 3.89. The molecule has 0 fully saturated rings. The van der Waals surface area contributed by atoms with Crippen LogP contribution in [0.3, 0.4) is 0 Å². The molecule has 1 N–H and O–H groups in total. The lowest BCUT2D eigenvalue weighted by Crippen LogP contribution is -2.37. The Morgan fingerprint density at radius 1 is 1.32 bits per heavy atom. The van der Waals surface area contributed by atoms with E-state index in [2.05, 4.69) is 5.48 Å². The molecule has 1 unspecified atom stereocenters. The first kappa shape index (κ1) is 15.5. The number of hydroxylamine groups is 1. The molecule has 0 aliphatic rings. The van der Waals surface area contributed by atoms with Crippen LogP contribution in [0.4, 0.5) is 0 Å². The summed E-state index contributed by atoms with van der Waals surface area (Å²) in [7, 11) is 1.59. The van der Waals surface area contributed by atoms with Crippen molar-refractivity contribution in [3.63, 3.8) is 0 Å². The minimum atomic E-state index is -0.566. The van der Waals surface area contributed by atoms with E-state index in [1.807, 2.05) is 26.0 Å². The van der Waals surface area contributed by atoms with Gasteiger partial charge in [-0.1, -0.05) is 13.0 Å². The van der Waals surface area contributed by atoms with Crippen molar-refractivity contribution in [2.75, 3.05) is 20.3 Å². The van der Waals surface area contributed by atoms with Crippen LogP contribution in [-0.4, -0.2) is 32.1 Å². The molecule has 1 aromatic carbocycles. The number of rotatable bonds is 9. The fraction of sp³-hybridized carbons (Fsp3) is 0.500. The van der Waals surface area contributed by atoms with Gasteiger partial charge in [-0.05, 0) is 19.1 Å². The van der Waals surface area contributed by atoms with Gasteiger partial charge >= 0.3 is 0 Å². The summed E-state index contributed by atoms with van der Waals surface area (Å²) in [5.41, 5.74) is 2.72. The zero-order valence-corrected chi connectivity index (χ0v) is 11.6. The Morgan fingerprint density at radius 3 is 2.68 bits per heavy atom. The number of ether oxygens (including phenoxy) is 2. The molecule has 5 heteroatoms. The second kappa shape index (κ2) is 8.50. The molecule has 0 aliphatic carbocycles. The predicted molar refractivity (Wildman–Crippen MR) is 72.3 cm³/mol. The number of ketones is 1. The third kappa shape index (κ3) is 5.28. The molecular weight excluding hydrogens is 246 g/mol. The molecule has 19 heavy (non-hydrogen) atoms. The zero-order chi connectivity index (χ0) is 14.1. The van der Waals surface area contributed by atoms with Gasteiger partial charge in [-0.15, -0.1) is 0 Å².